The summed E-state index contributed by atoms with van der Waals surface area (Å²) in [4.78, 5) is 11.6. The minimum atomic E-state index is -0.255. The summed E-state index contributed by atoms with van der Waals surface area (Å²) < 4.78 is 5.00. The van der Waals surface area contributed by atoms with Crippen molar-refractivity contribution >= 4 is 12.0 Å². The van der Waals surface area contributed by atoms with Crippen LogP contribution in [0.4, 0.5) is 0 Å². The topological polar surface area (TPSA) is 26.3 Å². The predicted octanol–water partition coefficient (Wildman–Crippen LogP) is 3.20. The van der Waals surface area contributed by atoms with Crippen molar-refractivity contribution in [3.05, 3.63) is 41.0 Å². The fourth-order valence-corrected chi connectivity index (χ4v) is 1.38. The SMILES string of the molecule is C/C=C/c1ccc(C)cc1C(=O)OCC. The average Bonchev–Trinajstić information content (AvgIpc) is 2.21. The molecule has 0 aliphatic carbocycles. The van der Waals surface area contributed by atoms with Gasteiger partial charge in [-0.05, 0) is 32.4 Å². The molecule has 1 rings (SSSR count). The van der Waals surface area contributed by atoms with Crippen LogP contribution >= 0.6 is 0 Å². The molecule has 0 radical (unpaired) electrons. The highest BCUT2D eigenvalue weighted by atomic mass is 16.5. The fraction of sp³-hybridized carbons (Fsp3) is 0.308. The first kappa shape index (κ1) is 11.5. The second-order valence-electron chi connectivity index (χ2n) is 3.31. The smallest absolute Gasteiger partial charge is 0.338 e. The summed E-state index contributed by atoms with van der Waals surface area (Å²) in [6.45, 7) is 6.10. The molecule has 1 aromatic carbocycles. The Morgan fingerprint density at radius 1 is 1.47 bits per heavy atom. The van der Waals surface area contributed by atoms with Crippen LogP contribution in [0.15, 0.2) is 24.3 Å². The van der Waals surface area contributed by atoms with Crippen molar-refractivity contribution in [2.45, 2.75) is 20.8 Å². The standard InChI is InChI=1S/C13H16O2/c1-4-6-11-8-7-10(3)9-12(11)13(14)15-5-2/h4,6-9H,5H2,1-3H3/b6-4+. The molecule has 2 nitrogen and oxygen atoms in total. The zero-order chi connectivity index (χ0) is 11.3. The number of rotatable bonds is 3. The molecule has 0 saturated carbocycles. The van der Waals surface area contributed by atoms with E-state index in [2.05, 4.69) is 0 Å². The van der Waals surface area contributed by atoms with Crippen molar-refractivity contribution in [2.24, 2.45) is 0 Å². The number of aryl methyl sites for hydroxylation is 1. The normalized spacial score (nSPS) is 10.6. The Hall–Kier alpha value is -1.57. The maximum Gasteiger partial charge on any atom is 0.338 e. The lowest BCUT2D eigenvalue weighted by molar-refractivity contribution is 0.0526. The van der Waals surface area contributed by atoms with E-state index in [1.807, 2.05) is 51.1 Å². The molecule has 0 aliphatic heterocycles. The van der Waals surface area contributed by atoms with Crippen molar-refractivity contribution in [3.63, 3.8) is 0 Å². The molecule has 0 atom stereocenters. The minimum absolute atomic E-state index is 0.255. The van der Waals surface area contributed by atoms with Gasteiger partial charge in [-0.3, -0.25) is 0 Å². The third-order valence-corrected chi connectivity index (χ3v) is 2.05. The molecule has 0 amide bonds. The number of hydrogen-bond donors (Lipinski definition) is 0. The van der Waals surface area contributed by atoms with Gasteiger partial charge in [0.25, 0.3) is 0 Å². The van der Waals surface area contributed by atoms with Gasteiger partial charge in [0.05, 0.1) is 12.2 Å². The highest BCUT2D eigenvalue weighted by Gasteiger charge is 2.10. The van der Waals surface area contributed by atoms with Crippen LogP contribution in [0, 0.1) is 6.92 Å². The molecular weight excluding hydrogens is 188 g/mol. The summed E-state index contributed by atoms with van der Waals surface area (Å²) in [5, 5.41) is 0. The first-order valence-electron chi connectivity index (χ1n) is 5.09. The van der Waals surface area contributed by atoms with E-state index in [0.717, 1.165) is 11.1 Å². The van der Waals surface area contributed by atoms with Crippen LogP contribution in [0.2, 0.25) is 0 Å². The third kappa shape index (κ3) is 2.94. The van der Waals surface area contributed by atoms with E-state index in [-0.39, 0.29) is 5.97 Å². The minimum Gasteiger partial charge on any atom is -0.462 e. The Labute approximate surface area is 90.6 Å². The van der Waals surface area contributed by atoms with Gasteiger partial charge in [0.15, 0.2) is 0 Å². The average molecular weight is 204 g/mol. The Balaban J connectivity index is 3.12. The van der Waals surface area contributed by atoms with Crippen LogP contribution in [0.3, 0.4) is 0 Å². The maximum absolute atomic E-state index is 11.6. The summed E-state index contributed by atoms with van der Waals surface area (Å²) >= 11 is 0. The molecule has 1 aromatic rings. The monoisotopic (exact) mass is 204 g/mol. The predicted molar refractivity (Wildman–Crippen MR) is 61.8 cm³/mol. The Morgan fingerprint density at radius 2 is 2.20 bits per heavy atom. The van der Waals surface area contributed by atoms with Gasteiger partial charge in [-0.1, -0.05) is 29.8 Å². The Bertz CT molecular complexity index is 378. The van der Waals surface area contributed by atoms with Crippen molar-refractivity contribution in [3.8, 4) is 0 Å². The first-order valence-corrected chi connectivity index (χ1v) is 5.09. The number of benzene rings is 1. The van der Waals surface area contributed by atoms with Crippen LogP contribution in [0.25, 0.3) is 6.08 Å². The van der Waals surface area contributed by atoms with Gasteiger partial charge in [-0.15, -0.1) is 0 Å². The molecule has 0 heterocycles. The van der Waals surface area contributed by atoms with E-state index in [4.69, 9.17) is 4.74 Å². The van der Waals surface area contributed by atoms with Crippen LogP contribution in [-0.2, 0) is 4.74 Å². The summed E-state index contributed by atoms with van der Waals surface area (Å²) in [6, 6.07) is 5.77. The zero-order valence-corrected chi connectivity index (χ0v) is 9.41. The molecule has 80 valence electrons. The van der Waals surface area contributed by atoms with Gasteiger partial charge in [-0.2, -0.15) is 0 Å². The van der Waals surface area contributed by atoms with E-state index in [0.29, 0.717) is 12.2 Å². The van der Waals surface area contributed by atoms with Gasteiger partial charge in [0, 0.05) is 0 Å². The molecule has 0 fully saturated rings. The zero-order valence-electron chi connectivity index (χ0n) is 9.41. The third-order valence-electron chi connectivity index (χ3n) is 2.05. The number of carbonyl (C=O) groups is 1. The molecule has 0 aromatic heterocycles. The molecule has 15 heavy (non-hydrogen) atoms. The number of esters is 1. The van der Waals surface area contributed by atoms with E-state index >= 15 is 0 Å². The van der Waals surface area contributed by atoms with Gasteiger partial charge in [0.2, 0.25) is 0 Å². The van der Waals surface area contributed by atoms with Crippen LogP contribution in [0.1, 0.15) is 35.3 Å². The van der Waals surface area contributed by atoms with E-state index in [1.54, 1.807) is 0 Å². The summed E-state index contributed by atoms with van der Waals surface area (Å²) in [7, 11) is 0. The largest absolute Gasteiger partial charge is 0.462 e. The highest BCUT2D eigenvalue weighted by Crippen LogP contribution is 2.14. The number of ether oxygens (including phenoxy) is 1. The van der Waals surface area contributed by atoms with E-state index < -0.39 is 0 Å². The van der Waals surface area contributed by atoms with Crippen molar-refractivity contribution in [1.82, 2.24) is 0 Å². The summed E-state index contributed by atoms with van der Waals surface area (Å²) in [5.41, 5.74) is 2.60. The lowest BCUT2D eigenvalue weighted by Crippen LogP contribution is -2.06. The molecule has 0 spiro atoms. The fourth-order valence-electron chi connectivity index (χ4n) is 1.38. The van der Waals surface area contributed by atoms with Crippen molar-refractivity contribution < 1.29 is 9.53 Å². The summed E-state index contributed by atoms with van der Waals surface area (Å²) in [5.74, 6) is -0.255. The second-order valence-corrected chi connectivity index (χ2v) is 3.31. The van der Waals surface area contributed by atoms with Gasteiger partial charge in [-0.25, -0.2) is 4.79 Å². The van der Waals surface area contributed by atoms with E-state index in [1.165, 1.54) is 0 Å². The van der Waals surface area contributed by atoms with Crippen LogP contribution < -0.4 is 0 Å². The number of hydrogen-bond acceptors (Lipinski definition) is 2. The van der Waals surface area contributed by atoms with Gasteiger partial charge >= 0.3 is 5.97 Å². The Morgan fingerprint density at radius 3 is 2.80 bits per heavy atom. The van der Waals surface area contributed by atoms with Crippen molar-refractivity contribution in [1.29, 1.82) is 0 Å². The summed E-state index contributed by atoms with van der Waals surface area (Å²) in [6.07, 6.45) is 3.82. The quantitative estimate of drug-likeness (QED) is 0.707. The number of allylic oxidation sites excluding steroid dienone is 1. The molecule has 0 N–H and O–H groups in total. The molecule has 0 aliphatic rings. The molecule has 2 heteroatoms. The molecule has 0 unspecified atom stereocenters. The molecular formula is C13H16O2. The highest BCUT2D eigenvalue weighted by molar-refractivity contribution is 5.93. The van der Waals surface area contributed by atoms with Crippen LogP contribution in [-0.4, -0.2) is 12.6 Å². The maximum atomic E-state index is 11.6. The first-order chi connectivity index (χ1) is 7.19. The second kappa shape index (κ2) is 5.35. The Kier molecular flexibility index (Phi) is 4.10. The van der Waals surface area contributed by atoms with Gasteiger partial charge in [0.1, 0.15) is 0 Å². The van der Waals surface area contributed by atoms with Gasteiger partial charge < -0.3 is 4.74 Å². The van der Waals surface area contributed by atoms with Crippen LogP contribution in [0.5, 0.6) is 0 Å². The van der Waals surface area contributed by atoms with E-state index in [9.17, 15) is 4.79 Å². The molecule has 0 saturated heterocycles. The lowest BCUT2D eigenvalue weighted by atomic mass is 10.0. The molecule has 0 bridgehead atoms. The number of carbonyl (C=O) groups excluding carboxylic acids is 1. The van der Waals surface area contributed by atoms with Crippen molar-refractivity contribution in [2.75, 3.05) is 6.61 Å². The lowest BCUT2D eigenvalue weighted by Gasteiger charge is -2.06.